The van der Waals surface area contributed by atoms with Crippen molar-refractivity contribution < 1.29 is 57.5 Å². The molecule has 15 heteroatoms. The van der Waals surface area contributed by atoms with Crippen LogP contribution in [-0.2, 0) is 42.8 Å². The van der Waals surface area contributed by atoms with Gasteiger partial charge in [-0.15, -0.1) is 11.8 Å². The maximum absolute atomic E-state index is 13.4. The van der Waals surface area contributed by atoms with Crippen molar-refractivity contribution in [1.82, 2.24) is 10.2 Å². The van der Waals surface area contributed by atoms with Gasteiger partial charge in [-0.3, -0.25) is 9.59 Å². The minimum Gasteiger partial charge on any atom is -0.431 e. The molecule has 3 heterocycles. The maximum atomic E-state index is 13.4. The number of aliphatic hydroxyl groups is 1. The van der Waals surface area contributed by atoms with Crippen molar-refractivity contribution in [3.8, 4) is 0 Å². The van der Waals surface area contributed by atoms with E-state index in [2.05, 4.69) is 5.32 Å². The third kappa shape index (κ3) is 7.86. The first kappa shape index (κ1) is 33.5. The molecule has 7 atom stereocenters. The van der Waals surface area contributed by atoms with Gasteiger partial charge in [-0.25, -0.2) is 14.4 Å². The molecule has 3 aliphatic rings. The first-order valence-corrected chi connectivity index (χ1v) is 14.8. The van der Waals surface area contributed by atoms with Crippen molar-refractivity contribution >= 4 is 41.9 Å². The summed E-state index contributed by atoms with van der Waals surface area (Å²) < 4.78 is 30.8. The van der Waals surface area contributed by atoms with Gasteiger partial charge in [0.2, 0.25) is 19.0 Å². The van der Waals surface area contributed by atoms with E-state index in [4.69, 9.17) is 28.4 Å². The van der Waals surface area contributed by atoms with Crippen LogP contribution in [0.2, 0.25) is 0 Å². The largest absolute Gasteiger partial charge is 0.511 e. The van der Waals surface area contributed by atoms with Crippen molar-refractivity contribution in [2.45, 2.75) is 90.8 Å². The number of hydrogen-bond donors (Lipinski definition) is 2. The number of hydrogen-bond acceptors (Lipinski definition) is 13. The average molecular weight is 617 g/mol. The van der Waals surface area contributed by atoms with Crippen LogP contribution < -0.4 is 5.32 Å². The molecule has 2 N–H and O–H groups in total. The number of fused-ring (bicyclic) bond motifs is 1. The molecule has 2 fully saturated rings. The van der Waals surface area contributed by atoms with E-state index < -0.39 is 73.4 Å². The number of nitrogens with zero attached hydrogens (tertiary/aromatic N) is 1. The molecule has 14 nitrogen and oxygen atoms in total. The Kier molecular flexibility index (Phi) is 11.5. The highest BCUT2D eigenvalue weighted by Gasteiger charge is 2.60. The Balaban J connectivity index is 1.70. The lowest BCUT2D eigenvalue weighted by molar-refractivity contribution is -0.174. The second kappa shape index (κ2) is 14.4. The van der Waals surface area contributed by atoms with Gasteiger partial charge in [-0.1, -0.05) is 20.8 Å². The molecule has 42 heavy (non-hydrogen) atoms. The molecule has 0 aromatic heterocycles. The van der Waals surface area contributed by atoms with Gasteiger partial charge >= 0.3 is 24.2 Å². The van der Waals surface area contributed by atoms with Crippen LogP contribution in [0.15, 0.2) is 10.6 Å². The Morgan fingerprint density at radius 3 is 2.38 bits per heavy atom. The number of carbonyl (C=O) groups is 5. The van der Waals surface area contributed by atoms with Gasteiger partial charge < -0.3 is 43.7 Å². The van der Waals surface area contributed by atoms with Crippen molar-refractivity contribution in [2.75, 3.05) is 19.9 Å². The summed E-state index contributed by atoms with van der Waals surface area (Å²) in [4.78, 5) is 63.7. The zero-order chi connectivity index (χ0) is 31.3. The molecule has 0 aliphatic carbocycles. The number of carbonyl (C=O) groups excluding carboxylic acids is 5. The Morgan fingerprint density at radius 2 is 1.76 bits per heavy atom. The highest BCUT2D eigenvalue weighted by atomic mass is 32.2. The van der Waals surface area contributed by atoms with Crippen LogP contribution in [0.4, 0.5) is 9.59 Å². The minimum absolute atomic E-state index is 0.0251. The third-order valence-corrected chi connectivity index (χ3v) is 8.57. The summed E-state index contributed by atoms with van der Waals surface area (Å²) in [5, 5.41) is 12.6. The zero-order valence-electron chi connectivity index (χ0n) is 24.8. The fourth-order valence-corrected chi connectivity index (χ4v) is 6.43. The van der Waals surface area contributed by atoms with Gasteiger partial charge in [-0.2, -0.15) is 0 Å². The molecule has 2 unspecified atom stereocenters. The Bertz CT molecular complexity index is 1080. The van der Waals surface area contributed by atoms with Gasteiger partial charge in [-0.05, 0) is 27.2 Å². The molecule has 0 spiro atoms. The number of thioether (sulfide) groups is 1. The minimum atomic E-state index is -1.29. The Hall–Kier alpha value is -3.04. The molecule has 0 saturated carbocycles. The summed E-state index contributed by atoms with van der Waals surface area (Å²) in [6, 6.07) is -0.452. The average Bonchev–Trinajstić information content (AvgIpc) is 3.42. The number of rotatable bonds is 12. The fraction of sp³-hybridized carbons (Fsp3) is 0.741. The second-order valence-corrected chi connectivity index (χ2v) is 12.2. The van der Waals surface area contributed by atoms with Gasteiger partial charge in [0.1, 0.15) is 5.70 Å². The lowest BCUT2D eigenvalue weighted by Gasteiger charge is -2.46. The number of esters is 2. The predicted octanol–water partition coefficient (Wildman–Crippen LogP) is 2.28. The first-order valence-electron chi connectivity index (χ1n) is 13.9. The molecule has 0 bridgehead atoms. The molecule has 0 radical (unpaired) electrons. The molecule has 2 amide bonds. The third-order valence-electron chi connectivity index (χ3n) is 6.91. The van der Waals surface area contributed by atoms with Crippen LogP contribution in [0.1, 0.15) is 54.9 Å². The number of ether oxygens (including phenoxy) is 6. The van der Waals surface area contributed by atoms with Gasteiger partial charge in [0.25, 0.3) is 0 Å². The van der Waals surface area contributed by atoms with E-state index in [0.717, 1.165) is 0 Å². The molecule has 2 saturated heterocycles. The van der Waals surface area contributed by atoms with Crippen LogP contribution in [0.25, 0.3) is 0 Å². The number of nitrogens with one attached hydrogen (secondary N) is 1. The van der Waals surface area contributed by atoms with E-state index in [9.17, 15) is 29.1 Å². The molecular formula is C27H40N2O12S. The molecule has 3 aliphatic heterocycles. The summed E-state index contributed by atoms with van der Waals surface area (Å²) in [7, 11) is 0. The number of aliphatic hydroxyl groups excluding tert-OH is 1. The molecule has 0 aromatic rings. The van der Waals surface area contributed by atoms with E-state index in [1.54, 1.807) is 27.7 Å². The monoisotopic (exact) mass is 616 g/mol. The fourth-order valence-electron chi connectivity index (χ4n) is 4.92. The molecule has 0 aromatic carbocycles. The lowest BCUT2D eigenvalue weighted by atomic mass is 9.79. The molecular weight excluding hydrogens is 576 g/mol. The predicted molar refractivity (Wildman–Crippen MR) is 146 cm³/mol. The Morgan fingerprint density at radius 1 is 1.07 bits per heavy atom. The van der Waals surface area contributed by atoms with E-state index in [-0.39, 0.29) is 29.3 Å². The topological polar surface area (TPSA) is 176 Å². The van der Waals surface area contributed by atoms with E-state index in [1.165, 1.54) is 30.5 Å². The number of alkyl carbamates (subject to hydrolysis) is 1. The number of amides is 2. The normalized spacial score (nSPS) is 26.4. The molecule has 3 rings (SSSR count). The molecule has 236 valence electrons. The first-order chi connectivity index (χ1) is 19.7. The lowest BCUT2D eigenvalue weighted by Crippen LogP contribution is -2.63. The van der Waals surface area contributed by atoms with Gasteiger partial charge in [0, 0.05) is 36.1 Å². The smallest absolute Gasteiger partial charge is 0.431 e. The van der Waals surface area contributed by atoms with Crippen molar-refractivity contribution in [3.05, 3.63) is 10.6 Å². The van der Waals surface area contributed by atoms with Crippen LogP contribution in [-0.4, -0.2) is 95.9 Å². The quantitative estimate of drug-likeness (QED) is 0.141. The summed E-state index contributed by atoms with van der Waals surface area (Å²) in [5.41, 5.74) is 0.0251. The second-order valence-electron chi connectivity index (χ2n) is 10.9. The van der Waals surface area contributed by atoms with Crippen LogP contribution in [0.3, 0.4) is 0 Å². The summed E-state index contributed by atoms with van der Waals surface area (Å²) in [6.45, 7) is 11.3. The highest BCUT2D eigenvalue weighted by Crippen LogP contribution is 2.52. The van der Waals surface area contributed by atoms with Crippen LogP contribution >= 0.6 is 11.8 Å². The van der Waals surface area contributed by atoms with Gasteiger partial charge in [0.15, 0.2) is 0 Å². The van der Waals surface area contributed by atoms with Gasteiger partial charge in [0.05, 0.1) is 36.2 Å². The van der Waals surface area contributed by atoms with E-state index >= 15 is 0 Å². The maximum Gasteiger partial charge on any atom is 0.511 e. The van der Waals surface area contributed by atoms with E-state index in [0.29, 0.717) is 17.9 Å². The zero-order valence-corrected chi connectivity index (χ0v) is 25.6. The van der Waals surface area contributed by atoms with Crippen LogP contribution in [0.5, 0.6) is 0 Å². The highest BCUT2D eigenvalue weighted by molar-refractivity contribution is 8.03. The van der Waals surface area contributed by atoms with Crippen molar-refractivity contribution in [2.24, 2.45) is 17.8 Å². The van der Waals surface area contributed by atoms with Crippen molar-refractivity contribution in [3.63, 3.8) is 0 Å². The Labute approximate surface area is 248 Å². The van der Waals surface area contributed by atoms with Crippen LogP contribution in [0, 0.1) is 17.8 Å². The van der Waals surface area contributed by atoms with E-state index in [1.807, 2.05) is 6.92 Å². The summed E-state index contributed by atoms with van der Waals surface area (Å²) in [6.07, 6.45) is -4.30. The SMILES string of the molecule is CC(C)OC(=O)OC(C)OC(=O)C1=C(S[C@@H]2CCO[C@@H]2CNC(=O)OCOC(=O)C(C)C)[C@H](C)C2[C@@H]([C@@H](C)O)C(=O)N12. The summed E-state index contributed by atoms with van der Waals surface area (Å²) in [5.74, 6) is -3.12. The summed E-state index contributed by atoms with van der Waals surface area (Å²) >= 11 is 1.34. The van der Waals surface area contributed by atoms with Crippen molar-refractivity contribution in [1.29, 1.82) is 0 Å². The number of β-lactam (4-membered cyclic amide) rings is 1. The standard InChI is InChI=1S/C27H40N2O12S/c1-12(2)24(32)37-11-38-26(34)28-10-17-18(8-9-36-17)42-22-14(5)20-19(15(6)30)23(31)29(20)21(22)25(33)40-16(7)41-27(35)39-13(3)4/h12-20,30H,8-11H2,1-7H3,(H,28,34)/t14-,15-,16?,17-,18-,19-,20?/m1/s1.